The number of hydrogen-bond donors (Lipinski definition) is 0. The number of thiophene rings is 1. The second-order valence-corrected chi connectivity index (χ2v) is 5.20. The van der Waals surface area contributed by atoms with E-state index in [1.165, 1.54) is 22.2 Å². The first-order chi connectivity index (χ1) is 7.09. The first kappa shape index (κ1) is 12.2. The fourth-order valence-electron chi connectivity index (χ4n) is 1.57. The van der Waals surface area contributed by atoms with Crippen LogP contribution in [-0.2, 0) is 16.0 Å². The van der Waals surface area contributed by atoms with Crippen LogP contribution in [0.5, 0.6) is 0 Å². The molecule has 3 heteroatoms. The highest BCUT2D eigenvalue weighted by atomic mass is 32.1. The van der Waals surface area contributed by atoms with Gasteiger partial charge in [-0.2, -0.15) is 0 Å². The molecule has 0 amide bonds. The topological polar surface area (TPSA) is 26.3 Å². The summed E-state index contributed by atoms with van der Waals surface area (Å²) in [5.41, 5.74) is 1.44. The summed E-state index contributed by atoms with van der Waals surface area (Å²) in [6, 6.07) is 2.26. The van der Waals surface area contributed by atoms with E-state index in [9.17, 15) is 4.79 Å². The molecule has 0 aromatic carbocycles. The van der Waals surface area contributed by atoms with Crippen LogP contribution in [0.15, 0.2) is 6.07 Å². The van der Waals surface area contributed by atoms with E-state index in [-0.39, 0.29) is 5.97 Å². The zero-order valence-corrected chi connectivity index (χ0v) is 10.4. The highest BCUT2D eigenvalue weighted by Gasteiger charge is 2.02. The monoisotopic (exact) mass is 226 g/mol. The number of carbonyl (C=O) groups excluding carboxylic acids is 1. The van der Waals surface area contributed by atoms with Gasteiger partial charge in [-0.3, -0.25) is 4.79 Å². The van der Waals surface area contributed by atoms with Crippen molar-refractivity contribution in [1.82, 2.24) is 0 Å². The molecule has 0 saturated carbocycles. The van der Waals surface area contributed by atoms with E-state index in [1.54, 1.807) is 0 Å². The van der Waals surface area contributed by atoms with Gasteiger partial charge in [0.05, 0.1) is 6.61 Å². The van der Waals surface area contributed by atoms with Crippen molar-refractivity contribution in [2.45, 2.75) is 40.0 Å². The average Bonchev–Trinajstić information content (AvgIpc) is 2.44. The van der Waals surface area contributed by atoms with Crippen LogP contribution >= 0.6 is 11.3 Å². The number of esters is 1. The van der Waals surface area contributed by atoms with E-state index >= 15 is 0 Å². The Bertz CT molecular complexity index is 328. The minimum absolute atomic E-state index is 0.183. The summed E-state index contributed by atoms with van der Waals surface area (Å²) in [5, 5.41) is 0. The van der Waals surface area contributed by atoms with Crippen molar-refractivity contribution >= 4 is 17.3 Å². The van der Waals surface area contributed by atoms with E-state index in [0.29, 0.717) is 6.61 Å². The molecule has 1 aromatic heterocycles. The second-order valence-electron chi connectivity index (χ2n) is 3.74. The molecule has 0 aliphatic heterocycles. The maximum atomic E-state index is 10.5. The Morgan fingerprint density at radius 1 is 1.40 bits per heavy atom. The molecule has 15 heavy (non-hydrogen) atoms. The van der Waals surface area contributed by atoms with E-state index in [2.05, 4.69) is 19.9 Å². The minimum Gasteiger partial charge on any atom is -0.466 e. The van der Waals surface area contributed by atoms with Gasteiger partial charge in [0, 0.05) is 16.7 Å². The van der Waals surface area contributed by atoms with Gasteiger partial charge in [-0.1, -0.05) is 0 Å². The largest absolute Gasteiger partial charge is 0.466 e. The lowest BCUT2D eigenvalue weighted by atomic mass is 10.1. The standard InChI is InChI=1S/C12H18O2S/c1-9-8-12(10(2)15-9)6-4-5-7-14-11(3)13/h8H,4-7H2,1-3H3. The summed E-state index contributed by atoms with van der Waals surface area (Å²) < 4.78 is 4.88. The fourth-order valence-corrected chi connectivity index (χ4v) is 2.54. The lowest BCUT2D eigenvalue weighted by Gasteiger charge is -2.01. The Kier molecular flexibility index (Phi) is 4.82. The van der Waals surface area contributed by atoms with Crippen molar-refractivity contribution in [2.24, 2.45) is 0 Å². The van der Waals surface area contributed by atoms with Gasteiger partial charge < -0.3 is 4.74 Å². The smallest absolute Gasteiger partial charge is 0.302 e. The van der Waals surface area contributed by atoms with Crippen LogP contribution in [0.1, 0.15) is 35.1 Å². The molecule has 0 aliphatic rings. The lowest BCUT2D eigenvalue weighted by Crippen LogP contribution is -2.00. The molecular weight excluding hydrogens is 208 g/mol. The predicted molar refractivity (Wildman–Crippen MR) is 63.4 cm³/mol. The lowest BCUT2D eigenvalue weighted by molar-refractivity contribution is -0.141. The fraction of sp³-hybridized carbons (Fsp3) is 0.583. The summed E-state index contributed by atoms with van der Waals surface area (Å²) in [7, 11) is 0. The average molecular weight is 226 g/mol. The van der Waals surface area contributed by atoms with Gasteiger partial charge in [0.25, 0.3) is 0 Å². The van der Waals surface area contributed by atoms with Crippen LogP contribution in [0.25, 0.3) is 0 Å². The normalized spacial score (nSPS) is 10.3. The molecular formula is C12H18O2S. The minimum atomic E-state index is -0.183. The van der Waals surface area contributed by atoms with Crippen LogP contribution in [0, 0.1) is 13.8 Å². The summed E-state index contributed by atoms with van der Waals surface area (Å²) in [4.78, 5) is 13.3. The van der Waals surface area contributed by atoms with E-state index in [0.717, 1.165) is 19.3 Å². The quantitative estimate of drug-likeness (QED) is 0.569. The highest BCUT2D eigenvalue weighted by molar-refractivity contribution is 7.12. The SMILES string of the molecule is CC(=O)OCCCCc1cc(C)sc1C. The van der Waals surface area contributed by atoms with Crippen LogP contribution in [0.2, 0.25) is 0 Å². The molecule has 0 N–H and O–H groups in total. The molecule has 1 heterocycles. The molecule has 0 fully saturated rings. The first-order valence-electron chi connectivity index (χ1n) is 5.29. The molecule has 84 valence electrons. The zero-order chi connectivity index (χ0) is 11.3. The molecule has 1 aromatic rings. The molecule has 0 atom stereocenters. The number of rotatable bonds is 5. The van der Waals surface area contributed by atoms with Crippen molar-refractivity contribution in [3.8, 4) is 0 Å². The van der Waals surface area contributed by atoms with Gasteiger partial charge in [-0.25, -0.2) is 0 Å². The molecule has 0 bridgehead atoms. The van der Waals surface area contributed by atoms with E-state index in [1.807, 2.05) is 11.3 Å². The van der Waals surface area contributed by atoms with Crippen molar-refractivity contribution < 1.29 is 9.53 Å². The third-order valence-corrected chi connectivity index (χ3v) is 3.30. The maximum absolute atomic E-state index is 10.5. The summed E-state index contributed by atoms with van der Waals surface area (Å²) >= 11 is 1.85. The molecule has 0 spiro atoms. The summed E-state index contributed by atoms with van der Waals surface area (Å²) in [6.45, 7) is 6.31. The molecule has 2 nitrogen and oxygen atoms in total. The molecule has 1 rings (SSSR count). The maximum Gasteiger partial charge on any atom is 0.302 e. The number of ether oxygens (including phenoxy) is 1. The summed E-state index contributed by atoms with van der Waals surface area (Å²) in [5.74, 6) is -0.183. The van der Waals surface area contributed by atoms with Crippen LogP contribution in [0.4, 0.5) is 0 Å². The zero-order valence-electron chi connectivity index (χ0n) is 9.63. The molecule has 0 radical (unpaired) electrons. The Balaban J connectivity index is 2.20. The Labute approximate surface area is 95.3 Å². The van der Waals surface area contributed by atoms with Gasteiger partial charge in [0.1, 0.15) is 0 Å². The summed E-state index contributed by atoms with van der Waals surface area (Å²) in [6.07, 6.45) is 3.13. The second kappa shape index (κ2) is 5.91. The molecule has 0 unspecified atom stereocenters. The van der Waals surface area contributed by atoms with E-state index < -0.39 is 0 Å². The van der Waals surface area contributed by atoms with Gasteiger partial charge in [-0.05, 0) is 44.7 Å². The highest BCUT2D eigenvalue weighted by Crippen LogP contribution is 2.22. The van der Waals surface area contributed by atoms with Crippen molar-refractivity contribution in [3.63, 3.8) is 0 Å². The van der Waals surface area contributed by atoms with Crippen LogP contribution in [-0.4, -0.2) is 12.6 Å². The molecule has 0 saturated heterocycles. The van der Waals surface area contributed by atoms with Gasteiger partial charge in [0.15, 0.2) is 0 Å². The van der Waals surface area contributed by atoms with Crippen molar-refractivity contribution in [1.29, 1.82) is 0 Å². The van der Waals surface area contributed by atoms with Crippen LogP contribution in [0.3, 0.4) is 0 Å². The number of hydrogen-bond acceptors (Lipinski definition) is 3. The first-order valence-corrected chi connectivity index (χ1v) is 6.10. The third kappa shape index (κ3) is 4.47. The number of unbranched alkanes of at least 4 members (excludes halogenated alkanes) is 1. The third-order valence-electron chi connectivity index (χ3n) is 2.29. The van der Waals surface area contributed by atoms with Gasteiger partial charge in [-0.15, -0.1) is 11.3 Å². The predicted octanol–water partition coefficient (Wildman–Crippen LogP) is 3.25. The number of carbonyl (C=O) groups is 1. The van der Waals surface area contributed by atoms with Crippen LogP contribution < -0.4 is 0 Å². The Hall–Kier alpha value is -0.830. The van der Waals surface area contributed by atoms with Gasteiger partial charge in [0.2, 0.25) is 0 Å². The van der Waals surface area contributed by atoms with E-state index in [4.69, 9.17) is 4.74 Å². The van der Waals surface area contributed by atoms with Gasteiger partial charge >= 0.3 is 5.97 Å². The molecule has 0 aliphatic carbocycles. The Morgan fingerprint density at radius 2 is 2.13 bits per heavy atom. The van der Waals surface area contributed by atoms with Crippen molar-refractivity contribution in [2.75, 3.05) is 6.61 Å². The van der Waals surface area contributed by atoms with Crippen molar-refractivity contribution in [3.05, 3.63) is 21.4 Å². The number of aryl methyl sites for hydroxylation is 3. The Morgan fingerprint density at radius 3 is 2.67 bits per heavy atom.